The Morgan fingerprint density at radius 2 is 1.53 bits per heavy atom. The number of alkyl halides is 3. The standard InChI is InChI=1S/C26H29F4NO/c1-18(20-7-5-19(6-8-20)3-2-4-24(27)17-31)21-9-11-22(12-10-21)23-13-15-25(16-14-23)32-26(28,29)30/h2-4,13-16,19-22H,1,5-12H2/b3-2+,24-4-/t19-,20-,21-,22-. The van der Waals surface area contributed by atoms with Crippen LogP contribution in [-0.4, -0.2) is 6.36 Å². The number of rotatable bonds is 6. The van der Waals surface area contributed by atoms with Gasteiger partial charge in [-0.2, -0.15) is 9.65 Å². The highest BCUT2D eigenvalue weighted by Gasteiger charge is 2.32. The molecule has 0 aromatic heterocycles. The fourth-order valence-corrected chi connectivity index (χ4v) is 5.09. The highest BCUT2D eigenvalue weighted by Crippen LogP contribution is 2.44. The van der Waals surface area contributed by atoms with Gasteiger partial charge in [-0.15, -0.1) is 13.2 Å². The van der Waals surface area contributed by atoms with Crippen molar-refractivity contribution in [3.05, 3.63) is 66.0 Å². The first-order valence-corrected chi connectivity index (χ1v) is 11.2. The minimum Gasteiger partial charge on any atom is -0.406 e. The van der Waals surface area contributed by atoms with Crippen molar-refractivity contribution in [2.24, 2.45) is 17.8 Å². The summed E-state index contributed by atoms with van der Waals surface area (Å²) in [5.41, 5.74) is 2.41. The molecule has 0 aliphatic heterocycles. The molecule has 172 valence electrons. The maximum absolute atomic E-state index is 12.9. The van der Waals surface area contributed by atoms with E-state index in [1.807, 2.05) is 6.08 Å². The summed E-state index contributed by atoms with van der Waals surface area (Å²) >= 11 is 0. The maximum Gasteiger partial charge on any atom is 0.573 e. The van der Waals surface area contributed by atoms with Crippen molar-refractivity contribution in [1.82, 2.24) is 0 Å². The van der Waals surface area contributed by atoms with Crippen molar-refractivity contribution < 1.29 is 22.3 Å². The highest BCUT2D eigenvalue weighted by atomic mass is 19.4. The SMILES string of the molecule is C=C([C@H]1CC[C@H](/C=C/C=C(\F)C#N)CC1)[C@H]1CC[C@H](c2ccc(OC(F)(F)F)cc2)CC1. The van der Waals surface area contributed by atoms with E-state index in [0.717, 1.165) is 56.9 Å². The predicted molar refractivity (Wildman–Crippen MR) is 116 cm³/mol. The Labute approximate surface area is 187 Å². The van der Waals surface area contributed by atoms with Crippen LogP contribution in [0.3, 0.4) is 0 Å². The van der Waals surface area contributed by atoms with Gasteiger partial charge in [0.05, 0.1) is 0 Å². The lowest BCUT2D eigenvalue weighted by atomic mass is 9.70. The second-order valence-electron chi connectivity index (χ2n) is 8.86. The van der Waals surface area contributed by atoms with Crippen LogP contribution in [0.4, 0.5) is 17.6 Å². The summed E-state index contributed by atoms with van der Waals surface area (Å²) in [4.78, 5) is 0. The quantitative estimate of drug-likeness (QED) is 0.191. The molecular weight excluding hydrogens is 418 g/mol. The van der Waals surface area contributed by atoms with E-state index in [-0.39, 0.29) is 5.75 Å². The van der Waals surface area contributed by atoms with E-state index in [4.69, 9.17) is 5.26 Å². The molecule has 2 nitrogen and oxygen atoms in total. The molecular formula is C26H29F4NO. The van der Waals surface area contributed by atoms with Crippen LogP contribution < -0.4 is 4.74 Å². The Morgan fingerprint density at radius 1 is 0.969 bits per heavy atom. The van der Waals surface area contributed by atoms with E-state index >= 15 is 0 Å². The molecule has 0 heterocycles. The van der Waals surface area contributed by atoms with Gasteiger partial charge >= 0.3 is 6.36 Å². The van der Waals surface area contributed by atoms with E-state index < -0.39 is 12.2 Å². The zero-order chi connectivity index (χ0) is 23.1. The lowest BCUT2D eigenvalue weighted by Crippen LogP contribution is -2.22. The van der Waals surface area contributed by atoms with Crippen molar-refractivity contribution in [3.8, 4) is 11.8 Å². The average molecular weight is 448 g/mol. The molecule has 32 heavy (non-hydrogen) atoms. The Kier molecular flexibility index (Phi) is 8.17. The van der Waals surface area contributed by atoms with Gasteiger partial charge in [-0.05, 0) is 98.8 Å². The Morgan fingerprint density at radius 3 is 2.06 bits per heavy atom. The van der Waals surface area contributed by atoms with Gasteiger partial charge in [0, 0.05) is 0 Å². The number of nitrogens with zero attached hydrogens (tertiary/aromatic N) is 1. The summed E-state index contributed by atoms with van der Waals surface area (Å²) in [6, 6.07) is 7.74. The molecule has 2 aliphatic carbocycles. The minimum absolute atomic E-state index is 0.181. The van der Waals surface area contributed by atoms with Gasteiger partial charge in [0.25, 0.3) is 0 Å². The first kappa shape index (κ1) is 24.1. The summed E-state index contributed by atoms with van der Waals surface area (Å²) < 4.78 is 53.8. The van der Waals surface area contributed by atoms with E-state index in [1.165, 1.54) is 29.9 Å². The molecule has 0 unspecified atom stereocenters. The molecule has 0 N–H and O–H groups in total. The van der Waals surface area contributed by atoms with E-state index in [2.05, 4.69) is 11.3 Å². The molecule has 2 fully saturated rings. The molecule has 0 bridgehead atoms. The Hall–Kier alpha value is -2.55. The van der Waals surface area contributed by atoms with Crippen LogP contribution in [-0.2, 0) is 0 Å². The van der Waals surface area contributed by atoms with Crippen LogP contribution in [0.1, 0.15) is 62.8 Å². The zero-order valence-electron chi connectivity index (χ0n) is 18.1. The maximum atomic E-state index is 12.9. The lowest BCUT2D eigenvalue weighted by molar-refractivity contribution is -0.274. The minimum atomic E-state index is -4.66. The van der Waals surface area contributed by atoms with Gasteiger partial charge in [-0.3, -0.25) is 0 Å². The summed E-state index contributed by atoms with van der Waals surface area (Å²) in [6.07, 6.45) is 8.57. The van der Waals surface area contributed by atoms with E-state index in [0.29, 0.717) is 23.7 Å². The molecule has 6 heteroatoms. The molecule has 0 radical (unpaired) electrons. The second kappa shape index (κ2) is 10.8. The number of allylic oxidation sites excluding steroid dienone is 5. The second-order valence-corrected chi connectivity index (χ2v) is 8.86. The van der Waals surface area contributed by atoms with E-state index in [1.54, 1.807) is 18.2 Å². The van der Waals surface area contributed by atoms with Crippen LogP contribution in [0.5, 0.6) is 5.75 Å². The van der Waals surface area contributed by atoms with Gasteiger partial charge in [-0.1, -0.05) is 36.4 Å². The average Bonchev–Trinajstić information content (AvgIpc) is 2.78. The number of halogens is 4. The third-order valence-corrected chi connectivity index (χ3v) is 6.87. The Balaban J connectivity index is 1.44. The fourth-order valence-electron chi connectivity index (χ4n) is 5.09. The van der Waals surface area contributed by atoms with Crippen molar-refractivity contribution in [2.75, 3.05) is 0 Å². The molecule has 0 atom stereocenters. The lowest BCUT2D eigenvalue weighted by Gasteiger charge is -2.36. The predicted octanol–water partition coefficient (Wildman–Crippen LogP) is 8.15. The third-order valence-electron chi connectivity index (χ3n) is 6.87. The van der Waals surface area contributed by atoms with E-state index in [9.17, 15) is 17.6 Å². The van der Waals surface area contributed by atoms with Crippen molar-refractivity contribution in [2.45, 2.75) is 63.6 Å². The van der Waals surface area contributed by atoms with Crippen LogP contribution >= 0.6 is 0 Å². The molecule has 0 saturated heterocycles. The van der Waals surface area contributed by atoms with Gasteiger partial charge < -0.3 is 4.74 Å². The number of nitriles is 1. The Bertz CT molecular complexity index is 863. The highest BCUT2D eigenvalue weighted by molar-refractivity contribution is 5.30. The van der Waals surface area contributed by atoms with Crippen molar-refractivity contribution >= 4 is 0 Å². The van der Waals surface area contributed by atoms with Gasteiger partial charge in [0.2, 0.25) is 0 Å². The first-order valence-electron chi connectivity index (χ1n) is 11.2. The van der Waals surface area contributed by atoms with Crippen LogP contribution in [0.15, 0.2) is 60.5 Å². The molecule has 3 rings (SSSR count). The summed E-state index contributed by atoms with van der Waals surface area (Å²) in [5, 5.41) is 8.44. The number of hydrogen-bond acceptors (Lipinski definition) is 2. The van der Waals surface area contributed by atoms with Gasteiger partial charge in [-0.25, -0.2) is 0 Å². The number of benzene rings is 1. The zero-order valence-corrected chi connectivity index (χ0v) is 18.1. The van der Waals surface area contributed by atoms with Crippen molar-refractivity contribution in [3.63, 3.8) is 0 Å². The van der Waals surface area contributed by atoms with Gasteiger partial charge in [0.1, 0.15) is 11.8 Å². The smallest absolute Gasteiger partial charge is 0.406 e. The molecule has 0 amide bonds. The van der Waals surface area contributed by atoms with Crippen LogP contribution in [0.2, 0.25) is 0 Å². The normalized spacial score (nSPS) is 27.2. The molecule has 0 spiro atoms. The summed E-state index contributed by atoms with van der Waals surface area (Å²) in [6.45, 7) is 4.43. The molecule has 2 saturated carbocycles. The number of ether oxygens (including phenoxy) is 1. The summed E-state index contributed by atoms with van der Waals surface area (Å²) in [7, 11) is 0. The molecule has 2 aliphatic rings. The monoisotopic (exact) mass is 447 g/mol. The largest absolute Gasteiger partial charge is 0.573 e. The van der Waals surface area contributed by atoms with Gasteiger partial charge in [0.15, 0.2) is 5.83 Å². The van der Waals surface area contributed by atoms with Crippen molar-refractivity contribution in [1.29, 1.82) is 5.26 Å². The van der Waals surface area contributed by atoms with Crippen LogP contribution in [0.25, 0.3) is 0 Å². The molecule has 1 aromatic rings. The summed E-state index contributed by atoms with van der Waals surface area (Å²) in [5.74, 6) is 0.850. The van der Waals surface area contributed by atoms with Crippen LogP contribution in [0, 0.1) is 29.1 Å². The topological polar surface area (TPSA) is 33.0 Å². The fraction of sp³-hybridized carbons (Fsp3) is 0.500. The first-order chi connectivity index (χ1) is 15.2. The third kappa shape index (κ3) is 6.98. The molecule has 1 aromatic carbocycles. The number of hydrogen-bond donors (Lipinski definition) is 0.